The first kappa shape index (κ1) is 12.1. The molecule has 0 aromatic carbocycles. The third kappa shape index (κ3) is 15.7. The van der Waals surface area contributed by atoms with Gasteiger partial charge in [-0.25, -0.2) is 0 Å². The molecular formula is C7H17NO2. The van der Waals surface area contributed by atoms with Crippen LogP contribution < -0.4 is 5.73 Å². The van der Waals surface area contributed by atoms with Gasteiger partial charge in [-0.05, 0) is 6.92 Å². The van der Waals surface area contributed by atoms with E-state index in [-0.39, 0.29) is 0 Å². The van der Waals surface area contributed by atoms with Crippen molar-refractivity contribution in [1.82, 2.24) is 0 Å². The number of carbonyl (C=O) groups is 1. The van der Waals surface area contributed by atoms with E-state index in [2.05, 4.69) is 13.8 Å². The van der Waals surface area contributed by atoms with E-state index in [0.29, 0.717) is 0 Å². The minimum Gasteiger partial charge on any atom is -0.480 e. The van der Waals surface area contributed by atoms with Gasteiger partial charge in [0, 0.05) is 0 Å². The first-order valence-corrected chi connectivity index (χ1v) is 3.54. The quantitative estimate of drug-likeness (QED) is 0.617. The highest BCUT2D eigenvalue weighted by Gasteiger charge is 1.99. The third-order valence-corrected chi connectivity index (χ3v) is 0.890. The van der Waals surface area contributed by atoms with Crippen molar-refractivity contribution in [2.24, 2.45) is 5.73 Å². The highest BCUT2D eigenvalue weighted by atomic mass is 16.4. The van der Waals surface area contributed by atoms with Crippen LogP contribution in [0, 0.1) is 0 Å². The summed E-state index contributed by atoms with van der Waals surface area (Å²) in [5, 5.41) is 7.87. The molecule has 0 bridgehead atoms. The van der Waals surface area contributed by atoms with Crippen LogP contribution in [0.5, 0.6) is 0 Å². The lowest BCUT2D eigenvalue weighted by atomic mass is 10.4. The molecular weight excluding hydrogens is 130 g/mol. The van der Waals surface area contributed by atoms with Crippen LogP contribution in [0.25, 0.3) is 0 Å². The molecule has 0 fully saturated rings. The SMILES string of the molecule is CC(N)C(=O)O.CCCC. The molecule has 3 heteroatoms. The molecule has 0 saturated carbocycles. The summed E-state index contributed by atoms with van der Waals surface area (Å²) in [5.74, 6) is -0.963. The maximum Gasteiger partial charge on any atom is 0.320 e. The lowest BCUT2D eigenvalue weighted by Crippen LogP contribution is -2.25. The van der Waals surface area contributed by atoms with Crippen molar-refractivity contribution in [3.63, 3.8) is 0 Å². The largest absolute Gasteiger partial charge is 0.480 e. The van der Waals surface area contributed by atoms with E-state index in [1.807, 2.05) is 0 Å². The summed E-state index contributed by atoms with van der Waals surface area (Å²) in [7, 11) is 0. The molecule has 62 valence electrons. The second-order valence-electron chi connectivity index (χ2n) is 2.13. The molecule has 1 unspecified atom stereocenters. The highest BCUT2D eigenvalue weighted by molar-refractivity contribution is 5.72. The van der Waals surface area contributed by atoms with Crippen molar-refractivity contribution in [3.8, 4) is 0 Å². The molecule has 3 N–H and O–H groups in total. The van der Waals surface area contributed by atoms with Gasteiger partial charge >= 0.3 is 5.97 Å². The van der Waals surface area contributed by atoms with Crippen LogP contribution in [0.4, 0.5) is 0 Å². The molecule has 0 aromatic rings. The van der Waals surface area contributed by atoms with Crippen LogP contribution >= 0.6 is 0 Å². The van der Waals surface area contributed by atoms with Gasteiger partial charge < -0.3 is 10.8 Å². The minimum absolute atomic E-state index is 0.731. The first-order valence-electron chi connectivity index (χ1n) is 3.54. The lowest BCUT2D eigenvalue weighted by molar-refractivity contribution is -0.138. The van der Waals surface area contributed by atoms with Crippen LogP contribution in [0.3, 0.4) is 0 Å². The van der Waals surface area contributed by atoms with Gasteiger partial charge in [-0.15, -0.1) is 0 Å². The number of hydrogen-bond donors (Lipinski definition) is 2. The Morgan fingerprint density at radius 3 is 1.70 bits per heavy atom. The van der Waals surface area contributed by atoms with Crippen LogP contribution in [0.1, 0.15) is 33.6 Å². The Morgan fingerprint density at radius 1 is 1.50 bits per heavy atom. The van der Waals surface area contributed by atoms with E-state index in [9.17, 15) is 4.79 Å². The molecule has 10 heavy (non-hydrogen) atoms. The minimum atomic E-state index is -0.963. The van der Waals surface area contributed by atoms with Crippen LogP contribution in [-0.2, 0) is 4.79 Å². The predicted molar refractivity (Wildman–Crippen MR) is 41.9 cm³/mol. The lowest BCUT2D eigenvalue weighted by Gasteiger charge is -1.90. The summed E-state index contributed by atoms with van der Waals surface area (Å²) in [6.45, 7) is 5.78. The van der Waals surface area contributed by atoms with E-state index in [4.69, 9.17) is 10.8 Å². The van der Waals surface area contributed by atoms with Crippen molar-refractivity contribution < 1.29 is 9.90 Å². The maximum atomic E-state index is 9.57. The van der Waals surface area contributed by atoms with Crippen LogP contribution in [0.15, 0.2) is 0 Å². The molecule has 0 aliphatic rings. The molecule has 0 amide bonds. The number of carboxylic acids is 1. The fraction of sp³-hybridized carbons (Fsp3) is 0.857. The van der Waals surface area contributed by atoms with Crippen LogP contribution in [0.2, 0.25) is 0 Å². The second-order valence-corrected chi connectivity index (χ2v) is 2.13. The maximum absolute atomic E-state index is 9.57. The van der Waals surface area contributed by atoms with E-state index < -0.39 is 12.0 Å². The number of unbranched alkanes of at least 4 members (excludes halogenated alkanes) is 1. The van der Waals surface area contributed by atoms with Gasteiger partial charge in [0.1, 0.15) is 6.04 Å². The first-order chi connectivity index (χ1) is 4.56. The van der Waals surface area contributed by atoms with E-state index in [1.165, 1.54) is 19.8 Å². The zero-order chi connectivity index (χ0) is 8.57. The van der Waals surface area contributed by atoms with E-state index >= 15 is 0 Å². The number of aliphatic carboxylic acids is 1. The normalized spacial score (nSPS) is 11.2. The average molecular weight is 147 g/mol. The van der Waals surface area contributed by atoms with Crippen molar-refractivity contribution in [3.05, 3.63) is 0 Å². The van der Waals surface area contributed by atoms with Crippen molar-refractivity contribution >= 4 is 5.97 Å². The molecule has 3 nitrogen and oxygen atoms in total. The topological polar surface area (TPSA) is 63.3 Å². The summed E-state index contributed by atoms with van der Waals surface area (Å²) >= 11 is 0. The van der Waals surface area contributed by atoms with Gasteiger partial charge in [0.2, 0.25) is 0 Å². The molecule has 0 radical (unpaired) electrons. The van der Waals surface area contributed by atoms with Gasteiger partial charge in [-0.3, -0.25) is 4.79 Å². The van der Waals surface area contributed by atoms with E-state index in [0.717, 1.165) is 0 Å². The third-order valence-electron chi connectivity index (χ3n) is 0.890. The van der Waals surface area contributed by atoms with Gasteiger partial charge in [-0.2, -0.15) is 0 Å². The monoisotopic (exact) mass is 147 g/mol. The Hall–Kier alpha value is -0.570. The Bertz CT molecular complexity index is 79.7. The Balaban J connectivity index is 0. The van der Waals surface area contributed by atoms with Gasteiger partial charge in [0.15, 0.2) is 0 Å². The molecule has 0 rings (SSSR count). The number of rotatable bonds is 2. The standard InChI is InChI=1S/C4H10.C3H7NO2/c1-3-4-2;1-2(4)3(5)6/h3-4H2,1-2H3;2H,4H2,1H3,(H,5,6). The van der Waals surface area contributed by atoms with Gasteiger partial charge in [0.25, 0.3) is 0 Å². The number of hydrogen-bond acceptors (Lipinski definition) is 2. The fourth-order valence-corrected chi connectivity index (χ4v) is 0. The Kier molecular flexibility index (Phi) is 10.2. The molecule has 1 atom stereocenters. The number of nitrogens with two attached hydrogens (primary N) is 1. The predicted octanol–water partition coefficient (Wildman–Crippen LogP) is 1.22. The fourth-order valence-electron chi connectivity index (χ4n) is 0. The molecule has 0 aliphatic heterocycles. The second kappa shape index (κ2) is 8.43. The Morgan fingerprint density at radius 2 is 1.70 bits per heavy atom. The molecule has 0 spiro atoms. The smallest absolute Gasteiger partial charge is 0.320 e. The molecule has 0 saturated heterocycles. The average Bonchev–Trinajstić information content (AvgIpc) is 1.89. The summed E-state index contributed by atoms with van der Waals surface area (Å²) < 4.78 is 0. The molecule has 0 heterocycles. The van der Waals surface area contributed by atoms with Crippen LogP contribution in [-0.4, -0.2) is 17.1 Å². The van der Waals surface area contributed by atoms with Crippen molar-refractivity contribution in [2.75, 3.05) is 0 Å². The zero-order valence-corrected chi connectivity index (χ0v) is 6.92. The number of carboxylic acid groups (broad SMARTS) is 1. The summed E-state index contributed by atoms with van der Waals surface area (Å²) in [6.07, 6.45) is 2.64. The summed E-state index contributed by atoms with van der Waals surface area (Å²) in [6, 6.07) is -0.731. The summed E-state index contributed by atoms with van der Waals surface area (Å²) in [4.78, 5) is 9.57. The van der Waals surface area contributed by atoms with Crippen molar-refractivity contribution in [2.45, 2.75) is 39.7 Å². The van der Waals surface area contributed by atoms with Gasteiger partial charge in [0.05, 0.1) is 0 Å². The van der Waals surface area contributed by atoms with E-state index in [1.54, 1.807) is 0 Å². The summed E-state index contributed by atoms with van der Waals surface area (Å²) in [5.41, 5.74) is 4.84. The van der Waals surface area contributed by atoms with Gasteiger partial charge in [-0.1, -0.05) is 26.7 Å². The molecule has 0 aromatic heterocycles. The Labute approximate surface area is 62.2 Å². The highest BCUT2D eigenvalue weighted by Crippen LogP contribution is 1.76. The molecule has 0 aliphatic carbocycles. The zero-order valence-electron chi connectivity index (χ0n) is 6.92. The van der Waals surface area contributed by atoms with Crippen molar-refractivity contribution in [1.29, 1.82) is 0 Å².